The van der Waals surface area contributed by atoms with Gasteiger partial charge in [-0.2, -0.15) is 0 Å². The summed E-state index contributed by atoms with van der Waals surface area (Å²) in [5.74, 6) is -0.129. The SMILES string of the molecule is COc1cc(N(C(=O)CN)S(=O)(=O)c2ccc3c(ccn3C)c2)cc(OC)c1OC. The van der Waals surface area contributed by atoms with Crippen molar-refractivity contribution >= 4 is 32.5 Å². The second-order valence-corrected chi connectivity index (χ2v) is 8.18. The summed E-state index contributed by atoms with van der Waals surface area (Å²) in [4.78, 5) is 12.6. The summed E-state index contributed by atoms with van der Waals surface area (Å²) in [6.07, 6.45) is 1.82. The van der Waals surface area contributed by atoms with E-state index >= 15 is 0 Å². The van der Waals surface area contributed by atoms with Crippen LogP contribution in [-0.4, -0.2) is 46.8 Å². The zero-order valence-electron chi connectivity index (χ0n) is 17.1. The van der Waals surface area contributed by atoms with Crippen molar-refractivity contribution in [1.82, 2.24) is 4.57 Å². The van der Waals surface area contributed by atoms with Crippen LogP contribution in [-0.2, 0) is 21.9 Å². The fraction of sp³-hybridized carbons (Fsp3) is 0.250. The largest absolute Gasteiger partial charge is 0.493 e. The van der Waals surface area contributed by atoms with E-state index in [0.717, 1.165) is 10.9 Å². The summed E-state index contributed by atoms with van der Waals surface area (Å²) in [7, 11) is 1.80. The average molecular weight is 433 g/mol. The normalized spacial score (nSPS) is 11.4. The quantitative estimate of drug-likeness (QED) is 0.605. The molecule has 0 aliphatic rings. The number of aromatic nitrogens is 1. The molecule has 0 fully saturated rings. The van der Waals surface area contributed by atoms with Gasteiger partial charge in [0.2, 0.25) is 5.75 Å². The lowest BCUT2D eigenvalue weighted by Gasteiger charge is -2.24. The lowest BCUT2D eigenvalue weighted by molar-refractivity contribution is -0.116. The first-order chi connectivity index (χ1) is 14.3. The minimum atomic E-state index is -4.27. The monoisotopic (exact) mass is 433 g/mol. The number of nitrogens with zero attached hydrogens (tertiary/aromatic N) is 2. The van der Waals surface area contributed by atoms with Gasteiger partial charge in [0.1, 0.15) is 0 Å². The number of benzene rings is 2. The number of hydrogen-bond acceptors (Lipinski definition) is 7. The van der Waals surface area contributed by atoms with Crippen molar-refractivity contribution in [1.29, 1.82) is 0 Å². The molecule has 1 amide bonds. The Hall–Kier alpha value is -3.24. The number of carbonyl (C=O) groups excluding carboxylic acids is 1. The Morgan fingerprint density at radius 3 is 2.20 bits per heavy atom. The maximum atomic E-state index is 13.5. The second kappa shape index (κ2) is 8.25. The highest BCUT2D eigenvalue weighted by molar-refractivity contribution is 7.93. The van der Waals surface area contributed by atoms with Gasteiger partial charge in [-0.1, -0.05) is 0 Å². The third-order valence-electron chi connectivity index (χ3n) is 4.68. The van der Waals surface area contributed by atoms with Crippen molar-refractivity contribution in [3.8, 4) is 17.2 Å². The van der Waals surface area contributed by atoms with Crippen molar-refractivity contribution in [2.75, 3.05) is 32.2 Å². The molecular formula is C20H23N3O6S. The highest BCUT2D eigenvalue weighted by atomic mass is 32.2. The number of rotatable bonds is 7. The van der Waals surface area contributed by atoms with E-state index in [1.165, 1.54) is 45.6 Å². The van der Waals surface area contributed by atoms with Crippen LogP contribution in [0.2, 0.25) is 0 Å². The number of hydrogen-bond donors (Lipinski definition) is 1. The van der Waals surface area contributed by atoms with Crippen molar-refractivity contribution in [3.63, 3.8) is 0 Å². The maximum Gasteiger partial charge on any atom is 0.270 e. The predicted octanol–water partition coefficient (Wildman–Crippen LogP) is 1.88. The molecule has 0 spiro atoms. The van der Waals surface area contributed by atoms with Crippen LogP contribution in [0.1, 0.15) is 0 Å². The minimum absolute atomic E-state index is 0.0214. The van der Waals surface area contributed by atoms with E-state index in [9.17, 15) is 13.2 Å². The zero-order chi connectivity index (χ0) is 22.1. The van der Waals surface area contributed by atoms with Crippen molar-refractivity contribution in [2.45, 2.75) is 4.90 Å². The van der Waals surface area contributed by atoms with Gasteiger partial charge in [-0.3, -0.25) is 4.79 Å². The number of nitrogens with two attached hydrogens (primary N) is 1. The molecule has 3 aromatic rings. The van der Waals surface area contributed by atoms with Gasteiger partial charge in [0.05, 0.1) is 38.5 Å². The molecule has 0 radical (unpaired) electrons. The fourth-order valence-corrected chi connectivity index (χ4v) is 4.66. The van der Waals surface area contributed by atoms with E-state index < -0.39 is 22.5 Å². The van der Waals surface area contributed by atoms with Gasteiger partial charge >= 0.3 is 0 Å². The van der Waals surface area contributed by atoms with Gasteiger partial charge in [0.15, 0.2) is 11.5 Å². The van der Waals surface area contributed by atoms with Crippen LogP contribution in [0, 0.1) is 0 Å². The molecule has 0 saturated heterocycles. The second-order valence-electron chi connectivity index (χ2n) is 6.40. The average Bonchev–Trinajstić information content (AvgIpc) is 3.12. The topological polar surface area (TPSA) is 113 Å². The van der Waals surface area contributed by atoms with Gasteiger partial charge in [-0.25, -0.2) is 12.7 Å². The molecule has 9 nitrogen and oxygen atoms in total. The molecule has 30 heavy (non-hydrogen) atoms. The molecule has 0 atom stereocenters. The molecule has 1 heterocycles. The van der Waals surface area contributed by atoms with Crippen molar-refractivity contribution in [3.05, 3.63) is 42.6 Å². The Morgan fingerprint density at radius 2 is 1.67 bits per heavy atom. The number of amides is 1. The Bertz CT molecular complexity index is 1180. The summed E-state index contributed by atoms with van der Waals surface area (Å²) in [6.45, 7) is -0.510. The third-order valence-corrected chi connectivity index (χ3v) is 6.42. The lowest BCUT2D eigenvalue weighted by atomic mass is 10.2. The van der Waals surface area contributed by atoms with E-state index in [4.69, 9.17) is 19.9 Å². The third kappa shape index (κ3) is 3.55. The predicted molar refractivity (Wildman–Crippen MR) is 113 cm³/mol. The van der Waals surface area contributed by atoms with E-state index in [1.54, 1.807) is 12.1 Å². The number of aryl methyl sites for hydroxylation is 1. The number of methoxy groups -OCH3 is 3. The molecule has 0 aliphatic heterocycles. The molecule has 0 bridgehead atoms. The smallest absolute Gasteiger partial charge is 0.270 e. The van der Waals surface area contributed by atoms with Crippen LogP contribution in [0.3, 0.4) is 0 Å². The van der Waals surface area contributed by atoms with Gasteiger partial charge in [-0.05, 0) is 24.3 Å². The van der Waals surface area contributed by atoms with Gasteiger partial charge in [-0.15, -0.1) is 0 Å². The summed E-state index contributed by atoms with van der Waals surface area (Å²) in [6, 6.07) is 9.21. The van der Waals surface area contributed by atoms with E-state index in [2.05, 4.69) is 0 Å². The van der Waals surface area contributed by atoms with Crippen LogP contribution in [0.5, 0.6) is 17.2 Å². The Morgan fingerprint density at radius 1 is 1.03 bits per heavy atom. The Balaban J connectivity index is 2.22. The fourth-order valence-electron chi connectivity index (χ4n) is 3.21. The van der Waals surface area contributed by atoms with E-state index in [0.29, 0.717) is 4.31 Å². The number of anilines is 1. The molecule has 0 aliphatic carbocycles. The van der Waals surface area contributed by atoms with Crippen LogP contribution < -0.4 is 24.2 Å². The minimum Gasteiger partial charge on any atom is -0.493 e. The lowest BCUT2D eigenvalue weighted by Crippen LogP contribution is -2.40. The first-order valence-electron chi connectivity index (χ1n) is 8.91. The Kier molecular flexibility index (Phi) is 5.90. The van der Waals surface area contributed by atoms with E-state index in [1.807, 2.05) is 17.8 Å². The summed E-state index contributed by atoms with van der Waals surface area (Å²) < 4.78 is 45.3. The molecule has 3 rings (SSSR count). The highest BCUT2D eigenvalue weighted by Gasteiger charge is 2.32. The van der Waals surface area contributed by atoms with Gasteiger partial charge in [0.25, 0.3) is 15.9 Å². The molecule has 2 N–H and O–H groups in total. The first kappa shape index (κ1) is 21.5. The van der Waals surface area contributed by atoms with Gasteiger partial charge in [0, 0.05) is 36.3 Å². The maximum absolute atomic E-state index is 13.5. The first-order valence-corrected chi connectivity index (χ1v) is 10.4. The molecule has 0 unspecified atom stereocenters. The highest BCUT2D eigenvalue weighted by Crippen LogP contribution is 2.42. The number of sulfonamides is 1. The number of fused-ring (bicyclic) bond motifs is 1. The zero-order valence-corrected chi connectivity index (χ0v) is 17.9. The molecule has 2 aromatic carbocycles. The van der Waals surface area contributed by atoms with Crippen LogP contribution >= 0.6 is 0 Å². The van der Waals surface area contributed by atoms with Crippen LogP contribution in [0.25, 0.3) is 10.9 Å². The summed E-state index contributed by atoms with van der Waals surface area (Å²) in [5.41, 5.74) is 6.41. The molecule has 0 saturated carbocycles. The molecule has 10 heteroatoms. The number of carbonyl (C=O) groups is 1. The molecule has 160 valence electrons. The molecule has 1 aromatic heterocycles. The van der Waals surface area contributed by atoms with Gasteiger partial charge < -0.3 is 24.5 Å². The van der Waals surface area contributed by atoms with Crippen LogP contribution in [0.15, 0.2) is 47.5 Å². The standard InChI is InChI=1S/C20H23N3O6S/c1-22-8-7-13-9-15(5-6-16(13)22)30(25,26)23(19(24)12-21)14-10-17(27-2)20(29-4)18(11-14)28-3/h5-11H,12,21H2,1-4H3. The van der Waals surface area contributed by atoms with Crippen molar-refractivity contribution < 1.29 is 27.4 Å². The number of ether oxygens (including phenoxy) is 3. The summed E-state index contributed by atoms with van der Waals surface area (Å²) >= 11 is 0. The Labute approximate surface area is 174 Å². The van der Waals surface area contributed by atoms with Crippen molar-refractivity contribution in [2.24, 2.45) is 12.8 Å². The summed E-state index contributed by atoms with van der Waals surface area (Å²) in [5, 5.41) is 0.726. The van der Waals surface area contributed by atoms with Crippen LogP contribution in [0.4, 0.5) is 5.69 Å². The van der Waals surface area contributed by atoms with E-state index in [-0.39, 0.29) is 27.8 Å². The molecular weight excluding hydrogens is 410 g/mol.